The number of methoxy groups -OCH3 is 1. The average Bonchev–Trinajstić information content (AvgIpc) is 2.55. The van der Waals surface area contributed by atoms with Gasteiger partial charge < -0.3 is 14.8 Å². The third-order valence-corrected chi connectivity index (χ3v) is 2.94. The fourth-order valence-electron chi connectivity index (χ4n) is 1.82. The number of anilines is 1. The Morgan fingerprint density at radius 1 is 1.00 bits per heavy atom. The van der Waals surface area contributed by atoms with E-state index < -0.39 is 0 Å². The summed E-state index contributed by atoms with van der Waals surface area (Å²) in [6.07, 6.45) is 0.244. The molecule has 0 atom stereocenters. The number of benzene rings is 2. The molecule has 0 fully saturated rings. The van der Waals surface area contributed by atoms with Gasteiger partial charge in [0.15, 0.2) is 0 Å². The molecule has 0 saturated heterocycles. The van der Waals surface area contributed by atoms with Crippen molar-refractivity contribution in [1.29, 1.82) is 0 Å². The summed E-state index contributed by atoms with van der Waals surface area (Å²) in [5, 5.41) is 3.09. The minimum absolute atomic E-state index is 0.244. The molecule has 0 aromatic heterocycles. The van der Waals surface area contributed by atoms with Crippen LogP contribution in [0.3, 0.4) is 0 Å². The Balaban J connectivity index is 1.76. The molecule has 0 saturated carbocycles. The van der Waals surface area contributed by atoms with Gasteiger partial charge in [-0.15, -0.1) is 0 Å². The van der Waals surface area contributed by atoms with E-state index in [1.807, 2.05) is 18.2 Å². The molecule has 0 radical (unpaired) electrons. The Hall–Kier alpha value is -2.82. The molecule has 0 aliphatic rings. The fraction of sp³-hybridized carbons (Fsp3) is 0.176. The third-order valence-electron chi connectivity index (χ3n) is 2.94. The van der Waals surface area contributed by atoms with Crippen LogP contribution in [0.25, 0.3) is 0 Å². The normalized spacial score (nSPS) is 9.86. The molecule has 1 N–H and O–H groups in total. The topological polar surface area (TPSA) is 64.6 Å². The number of hydrogen-bond acceptors (Lipinski definition) is 5. The van der Waals surface area contributed by atoms with Crippen LogP contribution in [0, 0.1) is 0 Å². The van der Waals surface area contributed by atoms with Gasteiger partial charge in [-0.2, -0.15) is 0 Å². The predicted octanol–water partition coefficient (Wildman–Crippen LogP) is 2.88. The quantitative estimate of drug-likeness (QED) is 0.656. The van der Waals surface area contributed by atoms with Crippen molar-refractivity contribution < 1.29 is 19.1 Å². The lowest BCUT2D eigenvalue weighted by molar-refractivity contribution is -0.134. The molecule has 5 nitrogen and oxygen atoms in total. The van der Waals surface area contributed by atoms with Crippen molar-refractivity contribution in [2.75, 3.05) is 19.0 Å². The van der Waals surface area contributed by atoms with E-state index in [1.165, 1.54) is 7.11 Å². The summed E-state index contributed by atoms with van der Waals surface area (Å²) in [6, 6.07) is 15.8. The van der Waals surface area contributed by atoms with Gasteiger partial charge in [-0.3, -0.25) is 4.79 Å². The minimum Gasteiger partial charge on any atom is -0.465 e. The predicted molar refractivity (Wildman–Crippen MR) is 83.0 cm³/mol. The maximum Gasteiger partial charge on any atom is 0.337 e. The maximum atomic E-state index is 11.7. The van der Waals surface area contributed by atoms with Gasteiger partial charge in [-0.25, -0.2) is 4.79 Å². The van der Waals surface area contributed by atoms with E-state index >= 15 is 0 Å². The summed E-state index contributed by atoms with van der Waals surface area (Å²) in [6.45, 7) is 0.448. The highest BCUT2D eigenvalue weighted by Crippen LogP contribution is 2.11. The lowest BCUT2D eigenvalue weighted by Crippen LogP contribution is -2.14. The number of rotatable bonds is 6. The molecule has 0 heterocycles. The number of ether oxygens (including phenoxy) is 2. The van der Waals surface area contributed by atoms with E-state index in [-0.39, 0.29) is 18.4 Å². The lowest BCUT2D eigenvalue weighted by atomic mass is 10.2. The van der Waals surface area contributed by atoms with E-state index in [1.54, 1.807) is 36.4 Å². The highest BCUT2D eigenvalue weighted by Gasteiger charge is 2.06. The summed E-state index contributed by atoms with van der Waals surface area (Å²) in [7, 11) is 1.34. The molecule has 0 aliphatic heterocycles. The summed E-state index contributed by atoms with van der Waals surface area (Å²) >= 11 is 0. The van der Waals surface area contributed by atoms with Crippen molar-refractivity contribution >= 4 is 17.6 Å². The molecule has 0 aliphatic carbocycles. The van der Waals surface area contributed by atoms with Crippen LogP contribution in [-0.4, -0.2) is 25.6 Å². The van der Waals surface area contributed by atoms with Crippen molar-refractivity contribution in [2.45, 2.75) is 6.42 Å². The monoisotopic (exact) mass is 299 g/mol. The van der Waals surface area contributed by atoms with Crippen LogP contribution >= 0.6 is 0 Å². The van der Waals surface area contributed by atoms with E-state index in [2.05, 4.69) is 10.1 Å². The zero-order valence-corrected chi connectivity index (χ0v) is 12.2. The molecule has 0 amide bonds. The SMILES string of the molecule is COC(=O)c1ccc(NCCC(=O)Oc2ccccc2)cc1. The molecular formula is C17H17NO4. The van der Waals surface area contributed by atoms with Crippen molar-refractivity contribution in [2.24, 2.45) is 0 Å². The number of carbonyl (C=O) groups excluding carboxylic acids is 2. The molecule has 22 heavy (non-hydrogen) atoms. The molecule has 2 aromatic rings. The van der Waals surface area contributed by atoms with Gasteiger partial charge >= 0.3 is 11.9 Å². The first kappa shape index (κ1) is 15.6. The van der Waals surface area contributed by atoms with Gasteiger partial charge in [0.25, 0.3) is 0 Å². The maximum absolute atomic E-state index is 11.7. The van der Waals surface area contributed by atoms with Gasteiger partial charge in [-0.1, -0.05) is 18.2 Å². The van der Waals surface area contributed by atoms with Crippen LogP contribution in [0.2, 0.25) is 0 Å². The standard InChI is InChI=1S/C17H17NO4/c1-21-17(20)13-7-9-14(10-8-13)18-12-11-16(19)22-15-5-3-2-4-6-15/h2-10,18H,11-12H2,1H3. The van der Waals surface area contributed by atoms with Crippen LogP contribution in [0.1, 0.15) is 16.8 Å². The molecule has 114 valence electrons. The Morgan fingerprint density at radius 3 is 2.32 bits per heavy atom. The molecular weight excluding hydrogens is 282 g/mol. The fourth-order valence-corrected chi connectivity index (χ4v) is 1.82. The molecule has 2 rings (SSSR count). The zero-order valence-electron chi connectivity index (χ0n) is 12.2. The second-order valence-corrected chi connectivity index (χ2v) is 4.53. The van der Waals surface area contributed by atoms with Crippen LogP contribution in [0.15, 0.2) is 54.6 Å². The molecule has 5 heteroatoms. The van der Waals surface area contributed by atoms with Gasteiger partial charge in [-0.05, 0) is 36.4 Å². The number of esters is 2. The van der Waals surface area contributed by atoms with Crippen LogP contribution in [-0.2, 0) is 9.53 Å². The number of para-hydroxylation sites is 1. The van der Waals surface area contributed by atoms with E-state index in [4.69, 9.17) is 4.74 Å². The van der Waals surface area contributed by atoms with Crippen molar-refractivity contribution in [1.82, 2.24) is 0 Å². The van der Waals surface area contributed by atoms with Crippen LogP contribution in [0.4, 0.5) is 5.69 Å². The summed E-state index contributed by atoms with van der Waals surface area (Å²) in [5.41, 5.74) is 1.30. The lowest BCUT2D eigenvalue weighted by Gasteiger charge is -2.07. The molecule has 2 aromatic carbocycles. The number of nitrogens with one attached hydrogen (secondary N) is 1. The minimum atomic E-state index is -0.377. The molecule has 0 spiro atoms. The van der Waals surface area contributed by atoms with Crippen molar-refractivity contribution in [3.05, 3.63) is 60.2 Å². The van der Waals surface area contributed by atoms with Crippen LogP contribution in [0.5, 0.6) is 5.75 Å². The van der Waals surface area contributed by atoms with Gasteiger partial charge in [0.2, 0.25) is 0 Å². The van der Waals surface area contributed by atoms with E-state index in [0.717, 1.165) is 5.69 Å². The average molecular weight is 299 g/mol. The highest BCUT2D eigenvalue weighted by atomic mass is 16.5. The van der Waals surface area contributed by atoms with E-state index in [0.29, 0.717) is 17.9 Å². The Labute approximate surface area is 128 Å². The molecule has 0 bridgehead atoms. The summed E-state index contributed by atoms with van der Waals surface area (Å²) < 4.78 is 9.80. The number of hydrogen-bond donors (Lipinski definition) is 1. The summed E-state index contributed by atoms with van der Waals surface area (Å²) in [5.74, 6) is -0.141. The summed E-state index contributed by atoms with van der Waals surface area (Å²) in [4.78, 5) is 23.0. The Bertz CT molecular complexity index is 623. The van der Waals surface area contributed by atoms with Gasteiger partial charge in [0.1, 0.15) is 5.75 Å². The van der Waals surface area contributed by atoms with Gasteiger partial charge in [0.05, 0.1) is 19.1 Å². The smallest absolute Gasteiger partial charge is 0.337 e. The Morgan fingerprint density at radius 2 is 1.68 bits per heavy atom. The molecule has 0 unspecified atom stereocenters. The second-order valence-electron chi connectivity index (χ2n) is 4.53. The zero-order chi connectivity index (χ0) is 15.8. The Kier molecular flexibility index (Phi) is 5.54. The first-order valence-electron chi connectivity index (χ1n) is 6.87. The largest absolute Gasteiger partial charge is 0.465 e. The van der Waals surface area contributed by atoms with Gasteiger partial charge in [0, 0.05) is 12.2 Å². The van der Waals surface area contributed by atoms with Crippen molar-refractivity contribution in [3.8, 4) is 5.75 Å². The first-order valence-corrected chi connectivity index (χ1v) is 6.87. The third kappa shape index (κ3) is 4.63. The first-order chi connectivity index (χ1) is 10.7. The number of carbonyl (C=O) groups is 2. The van der Waals surface area contributed by atoms with E-state index in [9.17, 15) is 9.59 Å². The highest BCUT2D eigenvalue weighted by molar-refractivity contribution is 5.89. The second kappa shape index (κ2) is 7.83. The van der Waals surface area contributed by atoms with Crippen LogP contribution < -0.4 is 10.1 Å². The van der Waals surface area contributed by atoms with Crippen molar-refractivity contribution in [3.63, 3.8) is 0 Å².